The Morgan fingerprint density at radius 2 is 1.92 bits per heavy atom. The fourth-order valence-corrected chi connectivity index (χ4v) is 3.56. The third kappa shape index (κ3) is 2.82. The average Bonchev–Trinajstić information content (AvgIpc) is 3.10. The molecule has 0 atom stereocenters. The van der Waals surface area contributed by atoms with E-state index in [1.807, 2.05) is 47.3 Å². The maximum Gasteiger partial charge on any atom is 0.144 e. The van der Waals surface area contributed by atoms with E-state index in [0.29, 0.717) is 0 Å². The first-order chi connectivity index (χ1) is 12.3. The number of hydrogen-bond donors (Lipinski definition) is 1. The zero-order valence-electron chi connectivity index (χ0n) is 14.4. The largest absolute Gasteiger partial charge is 0.494 e. The highest BCUT2D eigenvalue weighted by Crippen LogP contribution is 2.32. The molecule has 1 aromatic heterocycles. The minimum Gasteiger partial charge on any atom is -0.494 e. The van der Waals surface area contributed by atoms with Gasteiger partial charge in [-0.3, -0.25) is 0 Å². The molecule has 2 N–H and O–H groups in total. The molecule has 0 fully saturated rings. The number of ether oxygens (including phenoxy) is 1. The monoisotopic (exact) mass is 334 g/mol. The van der Waals surface area contributed by atoms with E-state index in [1.54, 1.807) is 7.11 Å². The van der Waals surface area contributed by atoms with Crippen molar-refractivity contribution in [3.05, 3.63) is 66.0 Å². The van der Waals surface area contributed by atoms with E-state index in [9.17, 15) is 0 Å². The smallest absolute Gasteiger partial charge is 0.144 e. The summed E-state index contributed by atoms with van der Waals surface area (Å²) in [5.41, 5.74) is 11.6. The van der Waals surface area contributed by atoms with Crippen LogP contribution in [0.1, 0.15) is 17.7 Å². The van der Waals surface area contributed by atoms with Crippen molar-refractivity contribution in [2.75, 3.05) is 24.3 Å². The van der Waals surface area contributed by atoms with Crippen LogP contribution in [-0.2, 0) is 13.0 Å². The number of benzene rings is 2. The zero-order chi connectivity index (χ0) is 17.2. The van der Waals surface area contributed by atoms with E-state index >= 15 is 0 Å². The summed E-state index contributed by atoms with van der Waals surface area (Å²) in [6.07, 6.45) is 4.00. The van der Waals surface area contributed by atoms with Crippen molar-refractivity contribution < 1.29 is 4.74 Å². The van der Waals surface area contributed by atoms with Gasteiger partial charge in [0.2, 0.25) is 0 Å². The normalized spacial score (nSPS) is 13.6. The number of rotatable bonds is 4. The van der Waals surface area contributed by atoms with E-state index in [-0.39, 0.29) is 0 Å². The molecule has 3 aromatic rings. The summed E-state index contributed by atoms with van der Waals surface area (Å²) < 4.78 is 7.45. The summed E-state index contributed by atoms with van der Waals surface area (Å²) in [6.45, 7) is 1.81. The summed E-state index contributed by atoms with van der Waals surface area (Å²) in [6, 6.07) is 16.2. The number of para-hydroxylation sites is 2. The lowest BCUT2D eigenvalue weighted by Crippen LogP contribution is -2.30. The van der Waals surface area contributed by atoms with Gasteiger partial charge in [-0.2, -0.15) is 5.10 Å². The number of hydrogen-bond acceptors (Lipinski definition) is 4. The third-order valence-corrected chi connectivity index (χ3v) is 4.77. The van der Waals surface area contributed by atoms with Crippen LogP contribution in [0.5, 0.6) is 5.75 Å². The second-order valence-electron chi connectivity index (χ2n) is 6.28. The van der Waals surface area contributed by atoms with Crippen molar-refractivity contribution in [1.82, 2.24) is 9.78 Å². The van der Waals surface area contributed by atoms with Crippen molar-refractivity contribution in [2.24, 2.45) is 0 Å². The van der Waals surface area contributed by atoms with Crippen molar-refractivity contribution in [3.63, 3.8) is 0 Å². The van der Waals surface area contributed by atoms with Gasteiger partial charge in [-0.1, -0.05) is 18.2 Å². The summed E-state index contributed by atoms with van der Waals surface area (Å²) >= 11 is 0. The molecule has 25 heavy (non-hydrogen) atoms. The van der Waals surface area contributed by atoms with Crippen LogP contribution in [0.15, 0.2) is 54.7 Å². The van der Waals surface area contributed by atoms with Gasteiger partial charge in [-0.25, -0.2) is 4.68 Å². The Kier molecular flexibility index (Phi) is 4.06. The average molecular weight is 334 g/mol. The van der Waals surface area contributed by atoms with Gasteiger partial charge in [0.25, 0.3) is 0 Å². The van der Waals surface area contributed by atoms with Gasteiger partial charge in [0.1, 0.15) is 11.4 Å². The Labute approximate surface area is 147 Å². The van der Waals surface area contributed by atoms with Crippen molar-refractivity contribution >= 4 is 11.4 Å². The predicted molar refractivity (Wildman–Crippen MR) is 100 cm³/mol. The van der Waals surface area contributed by atoms with Gasteiger partial charge in [0.05, 0.1) is 19.3 Å². The first-order valence-electron chi connectivity index (χ1n) is 8.56. The van der Waals surface area contributed by atoms with Crippen LogP contribution in [0, 0.1) is 0 Å². The molecule has 0 spiro atoms. The Morgan fingerprint density at radius 3 is 2.80 bits per heavy atom. The lowest BCUT2D eigenvalue weighted by Gasteiger charge is -2.32. The lowest BCUT2D eigenvalue weighted by atomic mass is 10.00. The summed E-state index contributed by atoms with van der Waals surface area (Å²) in [4.78, 5) is 2.39. The fraction of sp³-hybridized carbons (Fsp3) is 0.250. The van der Waals surface area contributed by atoms with Crippen molar-refractivity contribution in [3.8, 4) is 11.4 Å². The molecule has 5 nitrogen and oxygen atoms in total. The standard InChI is InChI=1S/C20H22N4O/c1-25-20-10-3-2-8-19(20)24-15(11-12-22-24)14-23-13-5-6-16-17(21)7-4-9-18(16)23/h2-4,7-12H,5-6,13-14,21H2,1H3. The quantitative estimate of drug-likeness (QED) is 0.743. The molecule has 0 radical (unpaired) electrons. The van der Waals surface area contributed by atoms with E-state index in [4.69, 9.17) is 10.5 Å². The third-order valence-electron chi connectivity index (χ3n) is 4.77. The van der Waals surface area contributed by atoms with E-state index in [1.165, 1.54) is 11.3 Å². The summed E-state index contributed by atoms with van der Waals surface area (Å²) in [5.74, 6) is 0.815. The molecule has 2 heterocycles. The first-order valence-corrected chi connectivity index (χ1v) is 8.56. The highest BCUT2D eigenvalue weighted by atomic mass is 16.5. The topological polar surface area (TPSA) is 56.3 Å². The van der Waals surface area contributed by atoms with Crippen LogP contribution in [-0.4, -0.2) is 23.4 Å². The summed E-state index contributed by atoms with van der Waals surface area (Å²) in [7, 11) is 1.69. The number of nitrogens with two attached hydrogens (primary N) is 1. The Bertz CT molecular complexity index is 887. The van der Waals surface area contributed by atoms with Crippen molar-refractivity contribution in [2.45, 2.75) is 19.4 Å². The van der Waals surface area contributed by atoms with Gasteiger partial charge >= 0.3 is 0 Å². The summed E-state index contributed by atoms with van der Waals surface area (Å²) in [5, 5.41) is 4.52. The Balaban J connectivity index is 1.69. The lowest BCUT2D eigenvalue weighted by molar-refractivity contribution is 0.411. The van der Waals surface area contributed by atoms with Crippen LogP contribution < -0.4 is 15.4 Å². The van der Waals surface area contributed by atoms with E-state index in [2.05, 4.69) is 22.1 Å². The maximum absolute atomic E-state index is 6.18. The Hall–Kier alpha value is -2.95. The number of methoxy groups -OCH3 is 1. The van der Waals surface area contributed by atoms with Crippen LogP contribution in [0.3, 0.4) is 0 Å². The predicted octanol–water partition coefficient (Wildman–Crippen LogP) is 3.42. The second kappa shape index (κ2) is 6.51. The van der Waals surface area contributed by atoms with Crippen molar-refractivity contribution in [1.29, 1.82) is 0 Å². The first kappa shape index (κ1) is 15.6. The molecule has 0 unspecified atom stereocenters. The van der Waals surface area contributed by atoms with Gasteiger partial charge < -0.3 is 15.4 Å². The molecule has 1 aliphatic rings. The number of aromatic nitrogens is 2. The molecule has 128 valence electrons. The maximum atomic E-state index is 6.18. The molecule has 0 saturated carbocycles. The molecule has 0 amide bonds. The number of anilines is 2. The minimum atomic E-state index is 0.786. The van der Waals surface area contributed by atoms with Crippen LogP contribution in [0.4, 0.5) is 11.4 Å². The van der Waals surface area contributed by atoms with Gasteiger partial charge in [0, 0.05) is 24.1 Å². The molecule has 0 bridgehead atoms. The van der Waals surface area contributed by atoms with Gasteiger partial charge in [0.15, 0.2) is 0 Å². The molecule has 1 aliphatic heterocycles. The molecule has 0 aliphatic carbocycles. The molecule has 0 saturated heterocycles. The number of nitrogen functional groups attached to an aromatic ring is 1. The second-order valence-corrected chi connectivity index (χ2v) is 6.28. The molecular formula is C20H22N4O. The zero-order valence-corrected chi connectivity index (χ0v) is 14.4. The van der Waals surface area contributed by atoms with Gasteiger partial charge in [-0.05, 0) is 48.7 Å². The van der Waals surface area contributed by atoms with E-state index < -0.39 is 0 Å². The van der Waals surface area contributed by atoms with Crippen LogP contribution in [0.2, 0.25) is 0 Å². The SMILES string of the molecule is COc1ccccc1-n1nccc1CN1CCCc2c(N)cccc21. The highest BCUT2D eigenvalue weighted by molar-refractivity contribution is 5.66. The minimum absolute atomic E-state index is 0.786. The van der Waals surface area contributed by atoms with Crippen LogP contribution >= 0.6 is 0 Å². The molecular weight excluding hydrogens is 312 g/mol. The number of fused-ring (bicyclic) bond motifs is 1. The Morgan fingerprint density at radius 1 is 1.08 bits per heavy atom. The molecule has 2 aromatic carbocycles. The fourth-order valence-electron chi connectivity index (χ4n) is 3.56. The highest BCUT2D eigenvalue weighted by Gasteiger charge is 2.20. The van der Waals surface area contributed by atoms with E-state index in [0.717, 1.165) is 48.7 Å². The number of nitrogens with zero attached hydrogens (tertiary/aromatic N) is 3. The van der Waals surface area contributed by atoms with Crippen LogP contribution in [0.25, 0.3) is 5.69 Å². The van der Waals surface area contributed by atoms with Gasteiger partial charge in [-0.15, -0.1) is 0 Å². The molecule has 5 heteroatoms. The molecule has 4 rings (SSSR count).